The standard InChI is InChI=1S/C13H20ClN3OS.HI/c1-15-13(16-7-9-18-2)17-8-10-19-12-5-3-11(14)4-6-12;/h3-6H,7-10H2,1-2H3,(H2,15,16,17);1H. The lowest BCUT2D eigenvalue weighted by Gasteiger charge is -2.11. The van der Waals surface area contributed by atoms with Crippen LogP contribution in [0.4, 0.5) is 0 Å². The molecule has 0 amide bonds. The number of halogens is 2. The molecule has 0 radical (unpaired) electrons. The molecule has 1 aromatic rings. The highest BCUT2D eigenvalue weighted by Gasteiger charge is 1.97. The minimum Gasteiger partial charge on any atom is -0.383 e. The van der Waals surface area contributed by atoms with E-state index in [1.165, 1.54) is 4.90 Å². The van der Waals surface area contributed by atoms with Gasteiger partial charge in [-0.3, -0.25) is 4.99 Å². The third kappa shape index (κ3) is 8.89. The smallest absolute Gasteiger partial charge is 0.191 e. The third-order valence-corrected chi connectivity index (χ3v) is 3.56. The Bertz CT molecular complexity index is 390. The first-order valence-corrected chi connectivity index (χ1v) is 7.44. The van der Waals surface area contributed by atoms with E-state index in [1.54, 1.807) is 25.9 Å². The van der Waals surface area contributed by atoms with E-state index in [1.807, 2.05) is 24.3 Å². The highest BCUT2D eigenvalue weighted by molar-refractivity contribution is 14.0. The zero-order valence-corrected chi connectivity index (χ0v) is 15.6. The van der Waals surface area contributed by atoms with Gasteiger partial charge < -0.3 is 15.4 Å². The largest absolute Gasteiger partial charge is 0.383 e. The molecule has 0 atom stereocenters. The van der Waals surface area contributed by atoms with Crippen molar-refractivity contribution >= 4 is 53.3 Å². The molecule has 0 bridgehead atoms. The van der Waals surface area contributed by atoms with Crippen molar-refractivity contribution in [3.63, 3.8) is 0 Å². The fraction of sp³-hybridized carbons (Fsp3) is 0.462. The lowest BCUT2D eigenvalue weighted by atomic mass is 10.4. The van der Waals surface area contributed by atoms with E-state index < -0.39 is 0 Å². The average Bonchev–Trinajstić information content (AvgIpc) is 2.43. The first-order valence-electron chi connectivity index (χ1n) is 6.08. The maximum Gasteiger partial charge on any atom is 0.191 e. The number of benzene rings is 1. The second-order valence-electron chi connectivity index (χ2n) is 3.72. The van der Waals surface area contributed by atoms with Crippen LogP contribution in [-0.4, -0.2) is 45.6 Å². The van der Waals surface area contributed by atoms with Crippen molar-refractivity contribution < 1.29 is 4.74 Å². The number of hydrogen-bond donors (Lipinski definition) is 2. The molecule has 7 heteroatoms. The van der Waals surface area contributed by atoms with Crippen LogP contribution >= 0.6 is 47.3 Å². The molecule has 0 unspecified atom stereocenters. The quantitative estimate of drug-likeness (QED) is 0.230. The van der Waals surface area contributed by atoms with Gasteiger partial charge in [-0.1, -0.05) is 11.6 Å². The Morgan fingerprint density at radius 2 is 1.90 bits per heavy atom. The van der Waals surface area contributed by atoms with E-state index in [9.17, 15) is 0 Å². The van der Waals surface area contributed by atoms with Crippen LogP contribution in [0.3, 0.4) is 0 Å². The Labute approximate surface area is 147 Å². The van der Waals surface area contributed by atoms with Crippen molar-refractivity contribution in [1.29, 1.82) is 0 Å². The highest BCUT2D eigenvalue weighted by Crippen LogP contribution is 2.19. The Morgan fingerprint density at radius 1 is 1.25 bits per heavy atom. The fourth-order valence-corrected chi connectivity index (χ4v) is 2.26. The van der Waals surface area contributed by atoms with E-state index in [-0.39, 0.29) is 24.0 Å². The fourth-order valence-electron chi connectivity index (χ4n) is 1.36. The number of hydrogen-bond acceptors (Lipinski definition) is 3. The number of thioether (sulfide) groups is 1. The van der Waals surface area contributed by atoms with Crippen molar-refractivity contribution in [2.75, 3.05) is 39.6 Å². The van der Waals surface area contributed by atoms with Gasteiger partial charge in [0.1, 0.15) is 0 Å². The van der Waals surface area contributed by atoms with Gasteiger partial charge in [-0.05, 0) is 24.3 Å². The molecule has 4 nitrogen and oxygen atoms in total. The maximum atomic E-state index is 5.84. The molecule has 114 valence electrons. The van der Waals surface area contributed by atoms with Crippen LogP contribution in [0, 0.1) is 0 Å². The number of nitrogens with zero attached hydrogens (tertiary/aromatic N) is 1. The lowest BCUT2D eigenvalue weighted by Crippen LogP contribution is -2.39. The summed E-state index contributed by atoms with van der Waals surface area (Å²) < 4.78 is 4.97. The van der Waals surface area contributed by atoms with Gasteiger partial charge in [-0.25, -0.2) is 0 Å². The van der Waals surface area contributed by atoms with Gasteiger partial charge in [0.25, 0.3) is 0 Å². The maximum absolute atomic E-state index is 5.84. The van der Waals surface area contributed by atoms with E-state index >= 15 is 0 Å². The molecule has 0 aromatic heterocycles. The Balaban J connectivity index is 0.00000361. The van der Waals surface area contributed by atoms with Crippen molar-refractivity contribution in [1.82, 2.24) is 10.6 Å². The zero-order chi connectivity index (χ0) is 13.9. The first-order chi connectivity index (χ1) is 9.26. The SMILES string of the molecule is CN=C(NCCOC)NCCSc1ccc(Cl)cc1.I. The van der Waals surface area contributed by atoms with E-state index in [2.05, 4.69) is 15.6 Å². The zero-order valence-electron chi connectivity index (χ0n) is 11.7. The highest BCUT2D eigenvalue weighted by atomic mass is 127. The molecular weight excluding hydrogens is 409 g/mol. The topological polar surface area (TPSA) is 45.7 Å². The van der Waals surface area contributed by atoms with E-state index in [0.29, 0.717) is 6.61 Å². The molecular formula is C13H21ClIN3OS. The van der Waals surface area contributed by atoms with Crippen LogP contribution in [0.1, 0.15) is 0 Å². The Kier molecular flexibility index (Phi) is 12.4. The van der Waals surface area contributed by atoms with Crippen LogP contribution in [0.25, 0.3) is 0 Å². The number of methoxy groups -OCH3 is 1. The van der Waals surface area contributed by atoms with Crippen LogP contribution in [0.5, 0.6) is 0 Å². The number of guanidine groups is 1. The predicted octanol–water partition coefficient (Wildman–Crippen LogP) is 2.86. The van der Waals surface area contributed by atoms with Crippen molar-refractivity contribution in [2.24, 2.45) is 4.99 Å². The van der Waals surface area contributed by atoms with Gasteiger partial charge in [0.05, 0.1) is 6.61 Å². The van der Waals surface area contributed by atoms with Gasteiger partial charge in [-0.15, -0.1) is 35.7 Å². The summed E-state index contributed by atoms with van der Waals surface area (Å²) >= 11 is 7.62. The summed E-state index contributed by atoms with van der Waals surface area (Å²) in [5, 5.41) is 7.18. The normalized spacial score (nSPS) is 10.8. The van der Waals surface area contributed by atoms with Gasteiger partial charge in [0.15, 0.2) is 5.96 Å². The summed E-state index contributed by atoms with van der Waals surface area (Å²) in [7, 11) is 3.44. The number of aliphatic imine (C=N–C) groups is 1. The molecule has 1 rings (SSSR count). The van der Waals surface area contributed by atoms with Gasteiger partial charge in [0, 0.05) is 42.9 Å². The minimum absolute atomic E-state index is 0. The molecule has 1 aromatic carbocycles. The molecule has 0 saturated heterocycles. The molecule has 20 heavy (non-hydrogen) atoms. The van der Waals surface area contributed by atoms with E-state index in [0.717, 1.165) is 29.8 Å². The molecule has 0 aliphatic carbocycles. The Morgan fingerprint density at radius 3 is 2.50 bits per heavy atom. The summed E-state index contributed by atoms with van der Waals surface area (Å²) in [5.41, 5.74) is 0. The summed E-state index contributed by atoms with van der Waals surface area (Å²) in [6.07, 6.45) is 0. The monoisotopic (exact) mass is 429 g/mol. The first kappa shape index (κ1) is 19.8. The summed E-state index contributed by atoms with van der Waals surface area (Å²) in [4.78, 5) is 5.34. The Hall–Kier alpha value is -0.180. The van der Waals surface area contributed by atoms with Crippen molar-refractivity contribution in [3.05, 3.63) is 29.3 Å². The number of rotatable bonds is 7. The molecule has 0 aliphatic rings. The summed E-state index contributed by atoms with van der Waals surface area (Å²) in [5.74, 6) is 1.76. The summed E-state index contributed by atoms with van der Waals surface area (Å²) in [6, 6.07) is 7.86. The summed E-state index contributed by atoms with van der Waals surface area (Å²) in [6.45, 7) is 2.26. The van der Waals surface area contributed by atoms with Gasteiger partial charge >= 0.3 is 0 Å². The molecule has 0 heterocycles. The molecule has 0 aliphatic heterocycles. The minimum atomic E-state index is 0. The average molecular weight is 430 g/mol. The second-order valence-corrected chi connectivity index (χ2v) is 5.33. The molecule has 0 fully saturated rings. The molecule has 0 spiro atoms. The molecule has 2 N–H and O–H groups in total. The van der Waals surface area contributed by atoms with Crippen LogP contribution in [0.15, 0.2) is 34.2 Å². The number of ether oxygens (including phenoxy) is 1. The molecule has 0 saturated carbocycles. The van der Waals surface area contributed by atoms with Crippen LogP contribution in [-0.2, 0) is 4.74 Å². The number of nitrogens with one attached hydrogen (secondary N) is 2. The van der Waals surface area contributed by atoms with Gasteiger partial charge in [0.2, 0.25) is 0 Å². The van der Waals surface area contributed by atoms with Gasteiger partial charge in [-0.2, -0.15) is 0 Å². The van der Waals surface area contributed by atoms with Crippen molar-refractivity contribution in [2.45, 2.75) is 4.90 Å². The van der Waals surface area contributed by atoms with E-state index in [4.69, 9.17) is 16.3 Å². The van der Waals surface area contributed by atoms with Crippen LogP contribution in [0.2, 0.25) is 5.02 Å². The predicted molar refractivity (Wildman–Crippen MR) is 98.8 cm³/mol. The second kappa shape index (κ2) is 12.6. The lowest BCUT2D eigenvalue weighted by molar-refractivity contribution is 0.203. The third-order valence-electron chi connectivity index (χ3n) is 2.30. The van der Waals surface area contributed by atoms with Crippen molar-refractivity contribution in [3.8, 4) is 0 Å². The van der Waals surface area contributed by atoms with Crippen LogP contribution < -0.4 is 10.6 Å².